The van der Waals surface area contributed by atoms with E-state index in [0.717, 1.165) is 0 Å². The van der Waals surface area contributed by atoms with Crippen molar-refractivity contribution < 1.29 is 22.7 Å². The maximum atomic E-state index is 12.3. The highest BCUT2D eigenvalue weighted by Crippen LogP contribution is 2.22. The van der Waals surface area contributed by atoms with E-state index in [1.807, 2.05) is 0 Å². The fourth-order valence-electron chi connectivity index (χ4n) is 1.90. The third kappa shape index (κ3) is 4.69. The molecule has 0 spiro atoms. The summed E-state index contributed by atoms with van der Waals surface area (Å²) in [6.07, 6.45) is 0. The zero-order chi connectivity index (χ0) is 16.8. The number of hydrogen-bond acceptors (Lipinski definition) is 5. The van der Waals surface area contributed by atoms with Crippen molar-refractivity contribution in [3.63, 3.8) is 0 Å². The van der Waals surface area contributed by atoms with Crippen LogP contribution in [0.1, 0.15) is 24.2 Å². The van der Waals surface area contributed by atoms with E-state index in [2.05, 4.69) is 10.0 Å². The Morgan fingerprint density at radius 3 is 2.55 bits per heavy atom. The normalized spacial score (nSPS) is 12.7. The van der Waals surface area contributed by atoms with Gasteiger partial charge >= 0.3 is 0 Å². The minimum atomic E-state index is -3.74. The third-order valence-corrected chi connectivity index (χ3v) is 4.42. The zero-order valence-corrected chi connectivity index (χ0v) is 14.0. The largest absolute Gasteiger partial charge is 0.496 e. The monoisotopic (exact) mass is 330 g/mol. The molecule has 1 aromatic rings. The standard InChI is InChI=1S/C14H22N2O5S/c1-5-15-14(17)12-8-11(6-7-13(12)21-4)22(18,19)16-10(2)9-20-3/h6-8,10,16H,5,9H2,1-4H3,(H,15,17). The first-order valence-electron chi connectivity index (χ1n) is 6.83. The van der Waals surface area contributed by atoms with Gasteiger partial charge in [-0.2, -0.15) is 0 Å². The molecule has 0 aliphatic carbocycles. The number of sulfonamides is 1. The molecular weight excluding hydrogens is 308 g/mol. The second-order valence-corrected chi connectivity index (χ2v) is 6.41. The first-order chi connectivity index (χ1) is 10.4. The third-order valence-electron chi connectivity index (χ3n) is 2.84. The maximum Gasteiger partial charge on any atom is 0.255 e. The molecular formula is C14H22N2O5S. The molecule has 0 saturated heterocycles. The molecule has 1 amide bonds. The minimum absolute atomic E-state index is 0.00231. The molecule has 7 nitrogen and oxygen atoms in total. The molecule has 8 heteroatoms. The minimum Gasteiger partial charge on any atom is -0.496 e. The summed E-state index contributed by atoms with van der Waals surface area (Å²) >= 11 is 0. The molecule has 0 fully saturated rings. The van der Waals surface area contributed by atoms with Gasteiger partial charge in [0, 0.05) is 19.7 Å². The highest BCUT2D eigenvalue weighted by molar-refractivity contribution is 7.89. The number of ether oxygens (including phenoxy) is 2. The topological polar surface area (TPSA) is 93.7 Å². The van der Waals surface area contributed by atoms with Crippen molar-refractivity contribution in [1.82, 2.24) is 10.0 Å². The van der Waals surface area contributed by atoms with Crippen LogP contribution in [0.4, 0.5) is 0 Å². The van der Waals surface area contributed by atoms with Gasteiger partial charge in [0.05, 0.1) is 24.2 Å². The van der Waals surface area contributed by atoms with Crippen LogP contribution in [-0.2, 0) is 14.8 Å². The molecule has 0 aliphatic heterocycles. The smallest absolute Gasteiger partial charge is 0.255 e. The van der Waals surface area contributed by atoms with E-state index in [-0.39, 0.29) is 29.0 Å². The van der Waals surface area contributed by atoms with Gasteiger partial charge < -0.3 is 14.8 Å². The van der Waals surface area contributed by atoms with Gasteiger partial charge in [0.1, 0.15) is 5.75 Å². The number of nitrogens with one attached hydrogen (secondary N) is 2. The molecule has 0 heterocycles. The Bertz CT molecular complexity index is 616. The summed E-state index contributed by atoms with van der Waals surface area (Å²) < 4.78 is 37.1. The summed E-state index contributed by atoms with van der Waals surface area (Å²) in [7, 11) is -0.830. The molecule has 124 valence electrons. The van der Waals surface area contributed by atoms with Crippen molar-refractivity contribution in [2.24, 2.45) is 0 Å². The van der Waals surface area contributed by atoms with Crippen molar-refractivity contribution in [3.05, 3.63) is 23.8 Å². The molecule has 1 aromatic carbocycles. The van der Waals surface area contributed by atoms with Crippen molar-refractivity contribution in [3.8, 4) is 5.75 Å². The maximum absolute atomic E-state index is 12.3. The van der Waals surface area contributed by atoms with Gasteiger partial charge in [0.25, 0.3) is 5.91 Å². The SMILES string of the molecule is CCNC(=O)c1cc(S(=O)(=O)NC(C)COC)ccc1OC. The molecule has 1 atom stereocenters. The number of methoxy groups -OCH3 is 2. The predicted octanol–water partition coefficient (Wildman–Crippen LogP) is 0.758. The molecule has 0 aromatic heterocycles. The summed E-state index contributed by atoms with van der Waals surface area (Å²) in [4.78, 5) is 12.0. The first kappa shape index (κ1) is 18.4. The van der Waals surface area contributed by atoms with Gasteiger partial charge in [-0.3, -0.25) is 4.79 Å². The summed E-state index contributed by atoms with van der Waals surface area (Å²) in [6.45, 7) is 4.15. The van der Waals surface area contributed by atoms with E-state index in [9.17, 15) is 13.2 Å². The van der Waals surface area contributed by atoms with Crippen LogP contribution in [0, 0.1) is 0 Å². The average molecular weight is 330 g/mol. The highest BCUT2D eigenvalue weighted by Gasteiger charge is 2.21. The van der Waals surface area contributed by atoms with E-state index in [1.54, 1.807) is 13.8 Å². The van der Waals surface area contributed by atoms with Crippen LogP contribution < -0.4 is 14.8 Å². The van der Waals surface area contributed by atoms with E-state index < -0.39 is 10.0 Å². The van der Waals surface area contributed by atoms with Crippen LogP contribution >= 0.6 is 0 Å². The summed E-state index contributed by atoms with van der Waals surface area (Å²) in [5, 5.41) is 2.62. The lowest BCUT2D eigenvalue weighted by Gasteiger charge is -2.15. The lowest BCUT2D eigenvalue weighted by atomic mass is 10.2. The lowest BCUT2D eigenvalue weighted by molar-refractivity contribution is 0.0952. The van der Waals surface area contributed by atoms with E-state index in [0.29, 0.717) is 12.3 Å². The van der Waals surface area contributed by atoms with Gasteiger partial charge in [-0.25, -0.2) is 13.1 Å². The Balaban J connectivity index is 3.15. The summed E-state index contributed by atoms with van der Waals surface area (Å²) in [5.74, 6) is -0.0730. The van der Waals surface area contributed by atoms with E-state index in [4.69, 9.17) is 9.47 Å². The van der Waals surface area contributed by atoms with Crippen LogP contribution in [0.15, 0.2) is 23.1 Å². The number of rotatable bonds is 8. The number of hydrogen-bond donors (Lipinski definition) is 2. The highest BCUT2D eigenvalue weighted by atomic mass is 32.2. The van der Waals surface area contributed by atoms with Crippen LogP contribution in [0.3, 0.4) is 0 Å². The van der Waals surface area contributed by atoms with Crippen molar-refractivity contribution in [2.45, 2.75) is 24.8 Å². The zero-order valence-electron chi connectivity index (χ0n) is 13.2. The molecule has 0 aliphatic rings. The number of carbonyl (C=O) groups is 1. The Morgan fingerprint density at radius 2 is 2.00 bits per heavy atom. The number of carbonyl (C=O) groups excluding carboxylic acids is 1. The lowest BCUT2D eigenvalue weighted by Crippen LogP contribution is -2.35. The summed E-state index contributed by atoms with van der Waals surface area (Å²) in [5.41, 5.74) is 0.173. The molecule has 1 unspecified atom stereocenters. The van der Waals surface area contributed by atoms with Crippen molar-refractivity contribution in [2.75, 3.05) is 27.4 Å². The first-order valence-corrected chi connectivity index (χ1v) is 8.31. The molecule has 0 saturated carbocycles. The fraction of sp³-hybridized carbons (Fsp3) is 0.500. The average Bonchev–Trinajstić information content (AvgIpc) is 2.46. The van der Waals surface area contributed by atoms with E-state index >= 15 is 0 Å². The van der Waals surface area contributed by atoms with Crippen LogP contribution in [0.25, 0.3) is 0 Å². The Morgan fingerprint density at radius 1 is 1.32 bits per heavy atom. The van der Waals surface area contributed by atoms with Crippen molar-refractivity contribution in [1.29, 1.82) is 0 Å². The van der Waals surface area contributed by atoms with Gasteiger partial charge in [0.15, 0.2) is 0 Å². The number of amides is 1. The van der Waals surface area contributed by atoms with Gasteiger partial charge in [-0.15, -0.1) is 0 Å². The quantitative estimate of drug-likeness (QED) is 0.734. The number of benzene rings is 1. The van der Waals surface area contributed by atoms with Gasteiger partial charge in [-0.05, 0) is 32.0 Å². The van der Waals surface area contributed by atoms with Gasteiger partial charge in [0.2, 0.25) is 10.0 Å². The second kappa shape index (κ2) is 8.11. The molecule has 0 bridgehead atoms. The molecule has 0 radical (unpaired) electrons. The van der Waals surface area contributed by atoms with Crippen LogP contribution in [0.5, 0.6) is 5.75 Å². The fourth-order valence-corrected chi connectivity index (χ4v) is 3.16. The molecule has 1 rings (SSSR count). The Kier molecular flexibility index (Phi) is 6.79. The summed E-state index contributed by atoms with van der Waals surface area (Å²) in [6, 6.07) is 3.76. The van der Waals surface area contributed by atoms with Gasteiger partial charge in [-0.1, -0.05) is 0 Å². The predicted molar refractivity (Wildman–Crippen MR) is 82.7 cm³/mol. The van der Waals surface area contributed by atoms with Crippen molar-refractivity contribution >= 4 is 15.9 Å². The Labute approximate surface area is 131 Å². The second-order valence-electron chi connectivity index (χ2n) is 4.70. The van der Waals surface area contributed by atoms with Crippen LogP contribution in [-0.4, -0.2) is 47.7 Å². The molecule has 22 heavy (non-hydrogen) atoms. The van der Waals surface area contributed by atoms with E-state index in [1.165, 1.54) is 32.4 Å². The Hall–Kier alpha value is -1.64. The van der Waals surface area contributed by atoms with Crippen LogP contribution in [0.2, 0.25) is 0 Å². The molecule has 2 N–H and O–H groups in total.